The van der Waals surface area contributed by atoms with E-state index in [9.17, 15) is 14.9 Å². The number of benzene rings is 1. The second kappa shape index (κ2) is 4.94. The summed E-state index contributed by atoms with van der Waals surface area (Å²) in [5, 5.41) is 14.2. The van der Waals surface area contributed by atoms with Crippen LogP contribution in [0.5, 0.6) is 0 Å². The number of carbonyl (C=O) groups is 1. The average Bonchev–Trinajstić information content (AvgIpc) is 2.80. The lowest BCUT2D eigenvalue weighted by Crippen LogP contribution is -2.45. The normalized spacial score (nSPS) is 25.2. The van der Waals surface area contributed by atoms with E-state index in [1.165, 1.54) is 6.07 Å². The van der Waals surface area contributed by atoms with Crippen LogP contribution in [0.4, 0.5) is 11.4 Å². The highest BCUT2D eigenvalue weighted by Gasteiger charge is 2.42. The van der Waals surface area contributed by atoms with Gasteiger partial charge in [-0.1, -0.05) is 17.7 Å². The first kappa shape index (κ1) is 13.2. The van der Waals surface area contributed by atoms with E-state index in [0.717, 1.165) is 12.8 Å². The summed E-state index contributed by atoms with van der Waals surface area (Å²) in [6.07, 6.45) is 1.68. The molecule has 2 fully saturated rings. The zero-order valence-electron chi connectivity index (χ0n) is 10.7. The molecule has 2 atom stereocenters. The van der Waals surface area contributed by atoms with Gasteiger partial charge in [0.15, 0.2) is 0 Å². The molecule has 6 nitrogen and oxygen atoms in total. The zero-order chi connectivity index (χ0) is 14.3. The number of fused-ring (bicyclic) bond motifs is 1. The largest absolute Gasteiger partial charge is 0.360 e. The quantitative estimate of drug-likeness (QED) is 0.668. The van der Waals surface area contributed by atoms with E-state index in [4.69, 9.17) is 11.6 Å². The fraction of sp³-hybridized carbons (Fsp3) is 0.462. The van der Waals surface area contributed by atoms with Crippen molar-refractivity contribution in [2.24, 2.45) is 5.92 Å². The number of halogens is 1. The molecule has 20 heavy (non-hydrogen) atoms. The Morgan fingerprint density at radius 3 is 3.00 bits per heavy atom. The van der Waals surface area contributed by atoms with Gasteiger partial charge in [-0.3, -0.25) is 14.9 Å². The molecular formula is C13H14ClN3O3. The molecule has 2 aliphatic rings. The Bertz CT molecular complexity index is 578. The SMILES string of the molecule is O=C1NCC2C1CCCN2c1cccc(Cl)c1[N+](=O)[O-]. The topological polar surface area (TPSA) is 75.5 Å². The molecule has 2 heterocycles. The minimum Gasteiger partial charge on any atom is -0.360 e. The third kappa shape index (κ3) is 2.00. The van der Waals surface area contributed by atoms with Gasteiger partial charge in [0.1, 0.15) is 10.7 Å². The van der Waals surface area contributed by atoms with E-state index >= 15 is 0 Å². The molecule has 1 N–H and O–H groups in total. The number of rotatable bonds is 2. The highest BCUT2D eigenvalue weighted by atomic mass is 35.5. The number of amides is 1. The number of nitrogens with zero attached hydrogens (tertiary/aromatic N) is 2. The van der Waals surface area contributed by atoms with Crippen molar-refractivity contribution in [3.63, 3.8) is 0 Å². The van der Waals surface area contributed by atoms with Crippen LogP contribution in [0.25, 0.3) is 0 Å². The highest BCUT2D eigenvalue weighted by Crippen LogP contribution is 2.39. The molecule has 2 saturated heterocycles. The van der Waals surface area contributed by atoms with Gasteiger partial charge in [0, 0.05) is 13.1 Å². The number of piperidine rings is 1. The molecule has 0 radical (unpaired) electrons. The van der Waals surface area contributed by atoms with Crippen molar-refractivity contribution in [1.82, 2.24) is 5.32 Å². The smallest absolute Gasteiger partial charge is 0.310 e. The Labute approximate surface area is 120 Å². The van der Waals surface area contributed by atoms with Gasteiger partial charge in [-0.25, -0.2) is 0 Å². The van der Waals surface area contributed by atoms with E-state index in [1.807, 2.05) is 4.90 Å². The van der Waals surface area contributed by atoms with Crippen LogP contribution in [0.2, 0.25) is 5.02 Å². The molecule has 2 aliphatic heterocycles. The standard InChI is InChI=1S/C13H14ClN3O3/c14-9-4-1-5-10(12(9)17(19)20)16-6-2-3-8-11(16)7-15-13(8)18/h1,4-5,8,11H,2-3,6-7H2,(H,15,18). The van der Waals surface area contributed by atoms with Gasteiger partial charge in [0.2, 0.25) is 5.91 Å². The Kier molecular flexibility index (Phi) is 3.25. The number of hydrogen-bond donors (Lipinski definition) is 1. The lowest BCUT2D eigenvalue weighted by molar-refractivity contribution is -0.384. The van der Waals surface area contributed by atoms with Crippen molar-refractivity contribution >= 4 is 28.9 Å². The first-order chi connectivity index (χ1) is 9.59. The van der Waals surface area contributed by atoms with Crippen LogP contribution in [0.15, 0.2) is 18.2 Å². The van der Waals surface area contributed by atoms with Gasteiger partial charge in [0.05, 0.1) is 16.9 Å². The lowest BCUT2D eigenvalue weighted by atomic mass is 9.91. The summed E-state index contributed by atoms with van der Waals surface area (Å²) >= 11 is 5.96. The van der Waals surface area contributed by atoms with Crippen LogP contribution < -0.4 is 10.2 Å². The van der Waals surface area contributed by atoms with E-state index in [0.29, 0.717) is 18.8 Å². The lowest BCUT2D eigenvalue weighted by Gasteiger charge is -2.37. The fourth-order valence-corrected chi connectivity index (χ4v) is 3.41. The Hall–Kier alpha value is -1.82. The van der Waals surface area contributed by atoms with Crippen LogP contribution >= 0.6 is 11.6 Å². The average molecular weight is 296 g/mol. The van der Waals surface area contributed by atoms with Gasteiger partial charge in [-0.2, -0.15) is 0 Å². The molecule has 0 bridgehead atoms. The van der Waals surface area contributed by atoms with Gasteiger partial charge in [-0.15, -0.1) is 0 Å². The maximum Gasteiger partial charge on any atom is 0.310 e. The Morgan fingerprint density at radius 2 is 2.25 bits per heavy atom. The Balaban J connectivity index is 2.02. The number of hydrogen-bond acceptors (Lipinski definition) is 4. The van der Waals surface area contributed by atoms with Gasteiger partial charge in [0.25, 0.3) is 0 Å². The van der Waals surface area contributed by atoms with Crippen molar-refractivity contribution in [2.45, 2.75) is 18.9 Å². The summed E-state index contributed by atoms with van der Waals surface area (Å²) in [6.45, 7) is 1.24. The predicted octanol–water partition coefficient (Wildman–Crippen LogP) is 1.96. The zero-order valence-corrected chi connectivity index (χ0v) is 11.5. The van der Waals surface area contributed by atoms with E-state index in [-0.39, 0.29) is 28.6 Å². The summed E-state index contributed by atoms with van der Waals surface area (Å²) in [5.74, 6) is -0.0354. The molecule has 0 spiro atoms. The summed E-state index contributed by atoms with van der Waals surface area (Å²) in [5.41, 5.74) is 0.433. The molecule has 2 unspecified atom stereocenters. The molecule has 1 aromatic carbocycles. The maximum absolute atomic E-state index is 11.8. The number of carbonyl (C=O) groups excluding carboxylic acids is 1. The first-order valence-corrected chi connectivity index (χ1v) is 6.94. The van der Waals surface area contributed by atoms with E-state index in [1.54, 1.807) is 12.1 Å². The molecular weight excluding hydrogens is 282 g/mol. The fourth-order valence-electron chi connectivity index (χ4n) is 3.17. The van der Waals surface area contributed by atoms with Gasteiger partial charge >= 0.3 is 5.69 Å². The molecule has 7 heteroatoms. The molecule has 0 saturated carbocycles. The molecule has 106 valence electrons. The van der Waals surface area contributed by atoms with Crippen LogP contribution in [0.1, 0.15) is 12.8 Å². The molecule has 1 amide bonds. The van der Waals surface area contributed by atoms with Crippen LogP contribution in [-0.2, 0) is 4.79 Å². The van der Waals surface area contributed by atoms with Crippen molar-refractivity contribution in [3.8, 4) is 0 Å². The number of anilines is 1. The molecule has 0 aromatic heterocycles. The van der Waals surface area contributed by atoms with E-state index < -0.39 is 4.92 Å². The monoisotopic (exact) mass is 295 g/mol. The van der Waals surface area contributed by atoms with Crippen molar-refractivity contribution in [1.29, 1.82) is 0 Å². The number of nitro benzene ring substituents is 1. The van der Waals surface area contributed by atoms with Gasteiger partial charge < -0.3 is 10.2 Å². The third-order valence-corrected chi connectivity index (χ3v) is 4.36. The molecule has 1 aromatic rings. The van der Waals surface area contributed by atoms with Crippen molar-refractivity contribution in [3.05, 3.63) is 33.3 Å². The van der Waals surface area contributed by atoms with Crippen LogP contribution in [0, 0.1) is 16.0 Å². The van der Waals surface area contributed by atoms with Crippen LogP contribution in [0.3, 0.4) is 0 Å². The first-order valence-electron chi connectivity index (χ1n) is 6.57. The number of nitrogens with one attached hydrogen (secondary N) is 1. The summed E-state index contributed by atoms with van der Waals surface area (Å²) in [6, 6.07) is 4.91. The predicted molar refractivity (Wildman–Crippen MR) is 75.0 cm³/mol. The van der Waals surface area contributed by atoms with Crippen molar-refractivity contribution in [2.75, 3.05) is 18.0 Å². The van der Waals surface area contributed by atoms with Crippen molar-refractivity contribution < 1.29 is 9.72 Å². The molecule has 3 rings (SSSR count). The minimum absolute atomic E-state index is 0.0200. The van der Waals surface area contributed by atoms with Gasteiger partial charge in [-0.05, 0) is 25.0 Å². The molecule has 0 aliphatic carbocycles. The Morgan fingerprint density at radius 1 is 1.45 bits per heavy atom. The maximum atomic E-state index is 11.8. The second-order valence-electron chi connectivity index (χ2n) is 5.12. The number of nitro groups is 1. The highest BCUT2D eigenvalue weighted by molar-refractivity contribution is 6.33. The second-order valence-corrected chi connectivity index (χ2v) is 5.53. The summed E-state index contributed by atoms with van der Waals surface area (Å²) in [7, 11) is 0. The third-order valence-electron chi connectivity index (χ3n) is 4.06. The van der Waals surface area contributed by atoms with E-state index in [2.05, 4.69) is 5.32 Å². The number of para-hydroxylation sites is 1. The van der Waals surface area contributed by atoms with Crippen LogP contribution in [-0.4, -0.2) is 30.0 Å². The minimum atomic E-state index is -0.453. The summed E-state index contributed by atoms with van der Waals surface area (Å²) in [4.78, 5) is 24.5. The summed E-state index contributed by atoms with van der Waals surface area (Å²) < 4.78 is 0.